The van der Waals surface area contributed by atoms with Gasteiger partial charge in [0.25, 0.3) is 0 Å². The van der Waals surface area contributed by atoms with Crippen LogP contribution in [0.2, 0.25) is 0 Å². The summed E-state index contributed by atoms with van der Waals surface area (Å²) in [6.07, 6.45) is 1.65. The highest BCUT2D eigenvalue weighted by atomic mass is 16.6. The molecule has 1 aromatic carbocycles. The van der Waals surface area contributed by atoms with Crippen molar-refractivity contribution in [1.29, 1.82) is 0 Å². The molecule has 3 aromatic rings. The standard InChI is InChI=1S/C16H18N6O/c1-12-15(20-23-19-12)10-21-6-8-22(9-7-21)16-13-4-2-3-5-14(13)17-11-18-16/h2-5,11H,6-10H2,1H3. The zero-order valence-corrected chi connectivity index (χ0v) is 13.0. The van der Waals surface area contributed by atoms with Crippen molar-refractivity contribution in [3.05, 3.63) is 42.0 Å². The van der Waals surface area contributed by atoms with E-state index in [1.165, 1.54) is 0 Å². The van der Waals surface area contributed by atoms with E-state index in [1.54, 1.807) is 6.33 Å². The molecule has 0 bridgehead atoms. The molecule has 1 fully saturated rings. The molecule has 0 radical (unpaired) electrons. The van der Waals surface area contributed by atoms with E-state index in [2.05, 4.69) is 36.1 Å². The number of anilines is 1. The summed E-state index contributed by atoms with van der Waals surface area (Å²) in [5, 5.41) is 8.92. The second-order valence-corrected chi connectivity index (χ2v) is 5.77. The average Bonchev–Trinajstić information content (AvgIpc) is 3.00. The highest BCUT2D eigenvalue weighted by Crippen LogP contribution is 2.23. The molecular weight excluding hydrogens is 292 g/mol. The summed E-state index contributed by atoms with van der Waals surface area (Å²) in [6.45, 7) is 6.51. The van der Waals surface area contributed by atoms with Gasteiger partial charge in [0.2, 0.25) is 0 Å². The molecule has 0 N–H and O–H groups in total. The number of benzene rings is 1. The minimum atomic E-state index is 0.785. The fourth-order valence-corrected chi connectivity index (χ4v) is 2.97. The first-order valence-corrected chi connectivity index (χ1v) is 7.76. The van der Waals surface area contributed by atoms with Gasteiger partial charge in [-0.05, 0) is 19.1 Å². The fourth-order valence-electron chi connectivity index (χ4n) is 2.97. The van der Waals surface area contributed by atoms with E-state index >= 15 is 0 Å². The van der Waals surface area contributed by atoms with E-state index in [1.807, 2.05) is 25.1 Å². The van der Waals surface area contributed by atoms with Crippen molar-refractivity contribution in [2.75, 3.05) is 31.1 Å². The number of aromatic nitrogens is 4. The Bertz CT molecular complexity index is 804. The molecule has 7 nitrogen and oxygen atoms in total. The smallest absolute Gasteiger partial charge is 0.139 e. The summed E-state index contributed by atoms with van der Waals surface area (Å²) in [7, 11) is 0. The lowest BCUT2D eigenvalue weighted by atomic mass is 10.2. The number of piperazine rings is 1. The Balaban J connectivity index is 1.48. The molecule has 1 aliphatic rings. The van der Waals surface area contributed by atoms with E-state index in [0.29, 0.717) is 0 Å². The molecule has 118 valence electrons. The molecule has 0 aliphatic carbocycles. The molecule has 0 unspecified atom stereocenters. The summed E-state index contributed by atoms with van der Waals surface area (Å²) >= 11 is 0. The van der Waals surface area contributed by atoms with Gasteiger partial charge in [-0.1, -0.05) is 22.4 Å². The monoisotopic (exact) mass is 310 g/mol. The second kappa shape index (κ2) is 5.92. The van der Waals surface area contributed by atoms with Gasteiger partial charge in [0, 0.05) is 38.1 Å². The normalized spacial score (nSPS) is 16.1. The summed E-state index contributed by atoms with van der Waals surface area (Å²) < 4.78 is 4.77. The molecule has 0 saturated carbocycles. The van der Waals surface area contributed by atoms with Crippen LogP contribution in [0.1, 0.15) is 11.4 Å². The maximum atomic E-state index is 4.77. The summed E-state index contributed by atoms with van der Waals surface area (Å²) in [5.74, 6) is 1.02. The number of hydrogen-bond acceptors (Lipinski definition) is 7. The summed E-state index contributed by atoms with van der Waals surface area (Å²) in [4.78, 5) is 13.5. The van der Waals surface area contributed by atoms with Gasteiger partial charge in [0.15, 0.2) is 0 Å². The van der Waals surface area contributed by atoms with E-state index in [9.17, 15) is 0 Å². The van der Waals surface area contributed by atoms with Crippen molar-refractivity contribution in [2.45, 2.75) is 13.5 Å². The molecule has 4 rings (SSSR count). The molecule has 1 saturated heterocycles. The van der Waals surface area contributed by atoms with Crippen LogP contribution in [0.4, 0.5) is 5.82 Å². The lowest BCUT2D eigenvalue weighted by Gasteiger charge is -2.35. The first-order valence-electron chi connectivity index (χ1n) is 7.76. The minimum absolute atomic E-state index is 0.785. The van der Waals surface area contributed by atoms with Crippen LogP contribution in [0.15, 0.2) is 35.2 Å². The highest BCUT2D eigenvalue weighted by Gasteiger charge is 2.21. The van der Waals surface area contributed by atoms with Gasteiger partial charge in [-0.2, -0.15) is 0 Å². The Hall–Kier alpha value is -2.54. The molecule has 1 aliphatic heterocycles. The minimum Gasteiger partial charge on any atom is -0.353 e. The second-order valence-electron chi connectivity index (χ2n) is 5.77. The Morgan fingerprint density at radius 3 is 2.65 bits per heavy atom. The van der Waals surface area contributed by atoms with E-state index < -0.39 is 0 Å². The van der Waals surface area contributed by atoms with Crippen molar-refractivity contribution in [1.82, 2.24) is 25.2 Å². The van der Waals surface area contributed by atoms with Crippen molar-refractivity contribution in [3.8, 4) is 0 Å². The highest BCUT2D eigenvalue weighted by molar-refractivity contribution is 5.89. The molecular formula is C16H18N6O. The van der Waals surface area contributed by atoms with Gasteiger partial charge in [-0.25, -0.2) is 14.6 Å². The Morgan fingerprint density at radius 1 is 1.04 bits per heavy atom. The molecule has 2 aromatic heterocycles. The van der Waals surface area contributed by atoms with Gasteiger partial charge in [-0.15, -0.1) is 0 Å². The van der Waals surface area contributed by atoms with Gasteiger partial charge < -0.3 is 4.90 Å². The molecule has 7 heteroatoms. The molecule has 0 spiro atoms. The quantitative estimate of drug-likeness (QED) is 0.728. The number of fused-ring (bicyclic) bond motifs is 1. The van der Waals surface area contributed by atoms with Gasteiger partial charge in [0.05, 0.1) is 5.52 Å². The van der Waals surface area contributed by atoms with Gasteiger partial charge in [0.1, 0.15) is 23.5 Å². The van der Waals surface area contributed by atoms with Crippen molar-refractivity contribution in [2.24, 2.45) is 0 Å². The third-order valence-corrected chi connectivity index (χ3v) is 4.31. The number of para-hydroxylation sites is 1. The Kier molecular flexibility index (Phi) is 3.63. The fraction of sp³-hybridized carbons (Fsp3) is 0.375. The third kappa shape index (κ3) is 2.75. The average molecular weight is 310 g/mol. The summed E-state index contributed by atoms with van der Waals surface area (Å²) in [6, 6.07) is 8.15. The largest absolute Gasteiger partial charge is 0.353 e. The maximum absolute atomic E-state index is 4.77. The lowest BCUT2D eigenvalue weighted by Crippen LogP contribution is -2.46. The zero-order valence-electron chi connectivity index (χ0n) is 13.0. The molecule has 3 heterocycles. The Morgan fingerprint density at radius 2 is 1.87 bits per heavy atom. The number of nitrogens with zero attached hydrogens (tertiary/aromatic N) is 6. The van der Waals surface area contributed by atoms with Crippen LogP contribution in [-0.2, 0) is 6.54 Å². The van der Waals surface area contributed by atoms with Gasteiger partial charge >= 0.3 is 0 Å². The molecule has 23 heavy (non-hydrogen) atoms. The van der Waals surface area contributed by atoms with Crippen LogP contribution in [0.3, 0.4) is 0 Å². The van der Waals surface area contributed by atoms with Crippen LogP contribution < -0.4 is 4.90 Å². The first-order chi connectivity index (χ1) is 11.3. The number of rotatable bonds is 3. The Labute approximate surface area is 133 Å². The SMILES string of the molecule is Cc1nonc1CN1CCN(c2ncnc3ccccc23)CC1. The third-order valence-electron chi connectivity index (χ3n) is 4.31. The zero-order chi connectivity index (χ0) is 15.6. The van der Waals surface area contributed by atoms with Crippen LogP contribution in [0.25, 0.3) is 10.9 Å². The van der Waals surface area contributed by atoms with Crippen molar-refractivity contribution in [3.63, 3.8) is 0 Å². The summed E-state index contributed by atoms with van der Waals surface area (Å²) in [5.41, 5.74) is 2.78. The van der Waals surface area contributed by atoms with E-state index in [4.69, 9.17) is 4.63 Å². The van der Waals surface area contributed by atoms with Crippen molar-refractivity contribution < 1.29 is 4.63 Å². The number of aryl methyl sites for hydroxylation is 1. The lowest BCUT2D eigenvalue weighted by molar-refractivity contribution is 0.237. The van der Waals surface area contributed by atoms with Crippen molar-refractivity contribution >= 4 is 16.7 Å². The van der Waals surface area contributed by atoms with Crippen LogP contribution in [0.5, 0.6) is 0 Å². The van der Waals surface area contributed by atoms with E-state index in [0.717, 1.165) is 60.8 Å². The molecule has 0 amide bonds. The maximum Gasteiger partial charge on any atom is 0.139 e. The topological polar surface area (TPSA) is 71.2 Å². The van der Waals surface area contributed by atoms with Gasteiger partial charge in [-0.3, -0.25) is 4.90 Å². The van der Waals surface area contributed by atoms with E-state index in [-0.39, 0.29) is 0 Å². The van der Waals surface area contributed by atoms with Crippen LogP contribution in [-0.4, -0.2) is 51.4 Å². The number of hydrogen-bond donors (Lipinski definition) is 0. The predicted octanol–water partition coefficient (Wildman–Crippen LogP) is 1.64. The van der Waals surface area contributed by atoms with Crippen LogP contribution in [0, 0.1) is 6.92 Å². The predicted molar refractivity (Wildman–Crippen MR) is 86.1 cm³/mol. The molecule has 0 atom stereocenters. The van der Waals surface area contributed by atoms with Crippen LogP contribution >= 0.6 is 0 Å². The first kappa shape index (κ1) is 14.1.